The van der Waals surface area contributed by atoms with Crippen LogP contribution in [0.2, 0.25) is 5.02 Å². The van der Waals surface area contributed by atoms with Gasteiger partial charge in [-0.25, -0.2) is 0 Å². The Morgan fingerprint density at radius 2 is 2.10 bits per heavy atom. The number of fused-ring (bicyclic) bond motifs is 1. The van der Waals surface area contributed by atoms with E-state index in [9.17, 15) is 4.79 Å². The average Bonchev–Trinajstić information content (AvgIpc) is 3.05. The standard InChI is InChI=1S/C16H17ClN2O/c17-14-3-4-15(10(9-14)2-1-5-18)19-16(20)13-7-11-6-12(11)8-13/h3-4,9,11-13H,5-8,18H2,(H,19,20). The van der Waals surface area contributed by atoms with Gasteiger partial charge in [-0.05, 0) is 49.3 Å². The molecule has 0 radical (unpaired) electrons. The molecule has 3 N–H and O–H groups in total. The summed E-state index contributed by atoms with van der Waals surface area (Å²) in [5.74, 6) is 7.61. The molecule has 2 aliphatic rings. The first-order valence-electron chi connectivity index (χ1n) is 6.96. The molecule has 0 spiro atoms. The van der Waals surface area contributed by atoms with Gasteiger partial charge < -0.3 is 11.1 Å². The van der Waals surface area contributed by atoms with Crippen LogP contribution < -0.4 is 11.1 Å². The van der Waals surface area contributed by atoms with Gasteiger partial charge in [-0.15, -0.1) is 0 Å². The second-order valence-electron chi connectivity index (χ2n) is 5.61. The molecule has 2 saturated carbocycles. The van der Waals surface area contributed by atoms with Crippen molar-refractivity contribution in [1.82, 2.24) is 0 Å². The minimum Gasteiger partial charge on any atom is -0.325 e. The molecule has 1 amide bonds. The van der Waals surface area contributed by atoms with Crippen LogP contribution in [-0.4, -0.2) is 12.5 Å². The fourth-order valence-electron chi connectivity index (χ4n) is 3.04. The second kappa shape index (κ2) is 5.47. The average molecular weight is 289 g/mol. The maximum atomic E-state index is 12.3. The predicted octanol–water partition coefficient (Wildman–Crippen LogP) is 2.63. The third-order valence-corrected chi connectivity index (χ3v) is 4.41. The van der Waals surface area contributed by atoms with Crippen LogP contribution in [-0.2, 0) is 4.79 Å². The Labute approximate surface area is 123 Å². The van der Waals surface area contributed by atoms with Gasteiger partial charge in [-0.3, -0.25) is 4.79 Å². The molecule has 20 heavy (non-hydrogen) atoms. The van der Waals surface area contributed by atoms with E-state index in [1.807, 2.05) is 0 Å². The lowest BCUT2D eigenvalue weighted by atomic mass is 10.0. The normalized spacial score (nSPS) is 26.4. The molecule has 1 aromatic rings. The van der Waals surface area contributed by atoms with E-state index in [0.29, 0.717) is 5.02 Å². The highest BCUT2D eigenvalue weighted by Gasteiger charge is 2.48. The van der Waals surface area contributed by atoms with Gasteiger partial charge in [0, 0.05) is 16.5 Å². The minimum absolute atomic E-state index is 0.107. The summed E-state index contributed by atoms with van der Waals surface area (Å²) in [5, 5.41) is 3.59. The third-order valence-electron chi connectivity index (χ3n) is 4.18. The van der Waals surface area contributed by atoms with Crippen molar-refractivity contribution in [3.05, 3.63) is 28.8 Å². The number of benzene rings is 1. The molecule has 104 valence electrons. The molecule has 2 fully saturated rings. The van der Waals surface area contributed by atoms with Crippen molar-refractivity contribution in [2.45, 2.75) is 19.3 Å². The first-order valence-corrected chi connectivity index (χ1v) is 7.34. The Morgan fingerprint density at radius 3 is 2.80 bits per heavy atom. The molecule has 0 bridgehead atoms. The van der Waals surface area contributed by atoms with E-state index in [4.69, 9.17) is 17.3 Å². The van der Waals surface area contributed by atoms with Crippen LogP contribution in [0.25, 0.3) is 0 Å². The van der Waals surface area contributed by atoms with Gasteiger partial charge in [0.25, 0.3) is 0 Å². The number of hydrogen-bond acceptors (Lipinski definition) is 2. The number of rotatable bonds is 2. The van der Waals surface area contributed by atoms with E-state index >= 15 is 0 Å². The minimum atomic E-state index is 0.107. The van der Waals surface area contributed by atoms with Crippen molar-refractivity contribution in [3.63, 3.8) is 0 Å². The molecule has 2 unspecified atom stereocenters. The molecule has 1 aromatic carbocycles. The highest BCUT2D eigenvalue weighted by atomic mass is 35.5. The molecule has 2 atom stereocenters. The summed E-state index contributed by atoms with van der Waals surface area (Å²) in [5.41, 5.74) is 6.84. The van der Waals surface area contributed by atoms with Crippen LogP contribution in [0, 0.1) is 29.6 Å². The van der Waals surface area contributed by atoms with Crippen LogP contribution in [0.1, 0.15) is 24.8 Å². The SMILES string of the molecule is NCC#Cc1cc(Cl)ccc1NC(=O)C1CC2CC2C1. The Bertz CT molecular complexity index is 592. The van der Waals surface area contributed by atoms with Gasteiger partial charge >= 0.3 is 0 Å². The van der Waals surface area contributed by atoms with Crippen molar-refractivity contribution >= 4 is 23.2 Å². The van der Waals surface area contributed by atoms with Gasteiger partial charge in [0.15, 0.2) is 0 Å². The lowest BCUT2D eigenvalue weighted by Gasteiger charge is -2.13. The molecular weight excluding hydrogens is 272 g/mol. The number of nitrogens with one attached hydrogen (secondary N) is 1. The Balaban J connectivity index is 1.74. The molecule has 2 aliphatic carbocycles. The lowest BCUT2D eigenvalue weighted by Crippen LogP contribution is -2.22. The van der Waals surface area contributed by atoms with Crippen molar-refractivity contribution in [2.24, 2.45) is 23.5 Å². The monoisotopic (exact) mass is 288 g/mol. The first-order chi connectivity index (χ1) is 9.67. The van der Waals surface area contributed by atoms with E-state index in [2.05, 4.69) is 17.2 Å². The molecule has 0 heterocycles. The molecule has 0 saturated heterocycles. The maximum absolute atomic E-state index is 12.3. The number of amides is 1. The van der Waals surface area contributed by atoms with Crippen molar-refractivity contribution in [2.75, 3.05) is 11.9 Å². The molecule has 0 aliphatic heterocycles. The van der Waals surface area contributed by atoms with Gasteiger partial charge in [0.2, 0.25) is 5.91 Å². The third kappa shape index (κ3) is 2.82. The summed E-state index contributed by atoms with van der Waals surface area (Å²) in [6, 6.07) is 5.32. The molecule has 4 heteroatoms. The van der Waals surface area contributed by atoms with Crippen LogP contribution in [0.4, 0.5) is 5.69 Å². The number of hydrogen-bond donors (Lipinski definition) is 2. The highest BCUT2D eigenvalue weighted by Crippen LogP contribution is 2.54. The van der Waals surface area contributed by atoms with Crippen molar-refractivity contribution in [3.8, 4) is 11.8 Å². The summed E-state index contributed by atoms with van der Waals surface area (Å²) >= 11 is 5.97. The highest BCUT2D eigenvalue weighted by molar-refractivity contribution is 6.30. The van der Waals surface area contributed by atoms with Crippen LogP contribution in [0.5, 0.6) is 0 Å². The van der Waals surface area contributed by atoms with Crippen molar-refractivity contribution < 1.29 is 4.79 Å². The van der Waals surface area contributed by atoms with E-state index in [-0.39, 0.29) is 18.4 Å². The predicted molar refractivity (Wildman–Crippen MR) is 80.3 cm³/mol. The first kappa shape index (κ1) is 13.5. The largest absolute Gasteiger partial charge is 0.325 e. The summed E-state index contributed by atoms with van der Waals surface area (Å²) in [7, 11) is 0. The number of anilines is 1. The lowest BCUT2D eigenvalue weighted by molar-refractivity contribution is -0.120. The summed E-state index contributed by atoms with van der Waals surface area (Å²) in [4.78, 5) is 12.3. The summed E-state index contributed by atoms with van der Waals surface area (Å²) < 4.78 is 0. The zero-order valence-corrected chi connectivity index (χ0v) is 11.9. The van der Waals surface area contributed by atoms with Crippen molar-refractivity contribution in [1.29, 1.82) is 0 Å². The Morgan fingerprint density at radius 1 is 1.35 bits per heavy atom. The van der Waals surface area contributed by atoms with E-state index in [1.165, 1.54) is 6.42 Å². The fourth-order valence-corrected chi connectivity index (χ4v) is 3.21. The smallest absolute Gasteiger partial charge is 0.227 e. The number of carbonyl (C=O) groups is 1. The zero-order chi connectivity index (χ0) is 14.1. The Kier molecular flexibility index (Phi) is 3.69. The quantitative estimate of drug-likeness (QED) is 0.822. The van der Waals surface area contributed by atoms with E-state index < -0.39 is 0 Å². The van der Waals surface area contributed by atoms with Crippen LogP contribution in [0.15, 0.2) is 18.2 Å². The summed E-state index contributed by atoms with van der Waals surface area (Å²) in [6.45, 7) is 0.284. The topological polar surface area (TPSA) is 55.1 Å². The number of halogens is 1. The van der Waals surface area contributed by atoms with Crippen LogP contribution >= 0.6 is 11.6 Å². The van der Waals surface area contributed by atoms with Gasteiger partial charge in [0.1, 0.15) is 0 Å². The summed E-state index contributed by atoms with van der Waals surface area (Å²) in [6.07, 6.45) is 3.39. The maximum Gasteiger partial charge on any atom is 0.227 e. The number of nitrogens with two attached hydrogens (primary N) is 1. The van der Waals surface area contributed by atoms with Crippen LogP contribution in [0.3, 0.4) is 0 Å². The molecule has 3 nitrogen and oxygen atoms in total. The van der Waals surface area contributed by atoms with E-state index in [0.717, 1.165) is 35.9 Å². The second-order valence-corrected chi connectivity index (χ2v) is 6.05. The van der Waals surface area contributed by atoms with E-state index in [1.54, 1.807) is 18.2 Å². The molecule has 3 rings (SSSR count). The Hall–Kier alpha value is -1.50. The fraction of sp³-hybridized carbons (Fsp3) is 0.438. The molecule has 0 aromatic heterocycles. The van der Waals surface area contributed by atoms with Gasteiger partial charge in [0.05, 0.1) is 12.2 Å². The van der Waals surface area contributed by atoms with Gasteiger partial charge in [-0.1, -0.05) is 23.4 Å². The molecular formula is C16H17ClN2O. The zero-order valence-electron chi connectivity index (χ0n) is 11.2. The van der Waals surface area contributed by atoms with Gasteiger partial charge in [-0.2, -0.15) is 0 Å². The number of carbonyl (C=O) groups excluding carboxylic acids is 1.